The van der Waals surface area contributed by atoms with Gasteiger partial charge in [0.05, 0.1) is 0 Å². The third-order valence-corrected chi connectivity index (χ3v) is 5.58. The van der Waals surface area contributed by atoms with Crippen LogP contribution in [0.1, 0.15) is 39.5 Å². The number of piperidine rings is 1. The van der Waals surface area contributed by atoms with Crippen LogP contribution in [0.5, 0.6) is 0 Å². The molecule has 26 heavy (non-hydrogen) atoms. The molecule has 2 aliphatic heterocycles. The number of hydrogen-bond donors (Lipinski definition) is 2. The Morgan fingerprint density at radius 1 is 1.08 bits per heavy atom. The molecule has 0 aromatic heterocycles. The van der Waals surface area contributed by atoms with Crippen LogP contribution in [0.15, 0.2) is 4.99 Å². The van der Waals surface area contributed by atoms with Gasteiger partial charge >= 0.3 is 0 Å². The maximum absolute atomic E-state index is 4.41. The van der Waals surface area contributed by atoms with E-state index in [9.17, 15) is 0 Å². The highest BCUT2D eigenvalue weighted by molar-refractivity contribution is 14.0. The summed E-state index contributed by atoms with van der Waals surface area (Å²) in [5.41, 5.74) is 0. The lowest BCUT2D eigenvalue weighted by molar-refractivity contribution is 0.167. The van der Waals surface area contributed by atoms with Crippen molar-refractivity contribution in [1.29, 1.82) is 0 Å². The van der Waals surface area contributed by atoms with Crippen molar-refractivity contribution in [2.75, 3.05) is 66.5 Å². The smallest absolute Gasteiger partial charge is 0.191 e. The average molecular weight is 480 g/mol. The Hall–Kier alpha value is -0.120. The van der Waals surface area contributed by atoms with Crippen LogP contribution in [0, 0.1) is 0 Å². The first-order chi connectivity index (χ1) is 12.1. The molecule has 2 fully saturated rings. The molecule has 0 bridgehead atoms. The molecule has 6 nitrogen and oxygen atoms in total. The Labute approximate surface area is 178 Å². The van der Waals surface area contributed by atoms with Crippen molar-refractivity contribution in [3.63, 3.8) is 0 Å². The molecule has 0 atom stereocenters. The van der Waals surface area contributed by atoms with Crippen LogP contribution in [0.3, 0.4) is 0 Å². The normalized spacial score (nSPS) is 22.1. The summed E-state index contributed by atoms with van der Waals surface area (Å²) in [5, 5.41) is 7.11. The van der Waals surface area contributed by atoms with E-state index < -0.39 is 0 Å². The Morgan fingerprint density at radius 2 is 1.81 bits per heavy atom. The van der Waals surface area contributed by atoms with Crippen molar-refractivity contribution in [3.05, 3.63) is 0 Å². The first kappa shape index (κ1) is 23.9. The zero-order valence-corrected chi connectivity index (χ0v) is 19.7. The second-order valence-corrected chi connectivity index (χ2v) is 7.90. The van der Waals surface area contributed by atoms with E-state index in [1.807, 2.05) is 7.05 Å². The standard InChI is InChI=1S/C19H40N6.HI/c1-17(2)25-13-7-18(8-14-25)22-19(20-3)21-9-5-11-24-12-6-10-23(4)15-16-24;/h17-18H,5-16H2,1-4H3,(H2,20,21,22);1H. The molecule has 0 aromatic carbocycles. The SMILES string of the molecule is CN=C(NCCCN1CCCN(C)CC1)NC1CCN(C(C)C)CC1.I. The Kier molecular flexibility index (Phi) is 12.1. The minimum absolute atomic E-state index is 0. The molecule has 0 unspecified atom stereocenters. The largest absolute Gasteiger partial charge is 0.356 e. The van der Waals surface area contributed by atoms with Crippen molar-refractivity contribution >= 4 is 29.9 Å². The molecule has 0 amide bonds. The van der Waals surface area contributed by atoms with Crippen LogP contribution in [0.25, 0.3) is 0 Å². The van der Waals surface area contributed by atoms with Crippen molar-refractivity contribution in [3.8, 4) is 0 Å². The van der Waals surface area contributed by atoms with Crippen molar-refractivity contribution in [2.24, 2.45) is 4.99 Å². The summed E-state index contributed by atoms with van der Waals surface area (Å²) in [6.07, 6.45) is 4.89. The number of nitrogens with one attached hydrogen (secondary N) is 2. The maximum atomic E-state index is 4.41. The topological polar surface area (TPSA) is 46.1 Å². The van der Waals surface area contributed by atoms with Gasteiger partial charge in [-0.2, -0.15) is 0 Å². The van der Waals surface area contributed by atoms with Crippen LogP contribution < -0.4 is 10.6 Å². The Bertz CT molecular complexity index is 395. The fourth-order valence-electron chi connectivity index (χ4n) is 3.78. The molecule has 2 N–H and O–H groups in total. The van der Waals surface area contributed by atoms with Crippen molar-refractivity contribution in [2.45, 2.75) is 51.6 Å². The fraction of sp³-hybridized carbons (Fsp3) is 0.947. The number of aliphatic imine (C=N–C) groups is 1. The van der Waals surface area contributed by atoms with Crippen LogP contribution >= 0.6 is 24.0 Å². The summed E-state index contributed by atoms with van der Waals surface area (Å²) >= 11 is 0. The van der Waals surface area contributed by atoms with Gasteiger partial charge < -0.3 is 25.3 Å². The number of nitrogens with zero attached hydrogens (tertiary/aromatic N) is 4. The lowest BCUT2D eigenvalue weighted by Crippen LogP contribution is -2.50. The van der Waals surface area contributed by atoms with Gasteiger partial charge in [-0.25, -0.2) is 0 Å². The molecule has 154 valence electrons. The summed E-state index contributed by atoms with van der Waals surface area (Å²) in [4.78, 5) is 12.0. The van der Waals surface area contributed by atoms with Gasteiger partial charge in [0.2, 0.25) is 0 Å². The van der Waals surface area contributed by atoms with Gasteiger partial charge in [0.25, 0.3) is 0 Å². The predicted molar refractivity (Wildman–Crippen MR) is 123 cm³/mol. The molecule has 7 heteroatoms. The maximum Gasteiger partial charge on any atom is 0.191 e. The summed E-state index contributed by atoms with van der Waals surface area (Å²) in [6.45, 7) is 14.0. The summed E-state index contributed by atoms with van der Waals surface area (Å²) in [5.74, 6) is 0.971. The fourth-order valence-corrected chi connectivity index (χ4v) is 3.78. The molecule has 2 heterocycles. The van der Waals surface area contributed by atoms with Crippen molar-refractivity contribution < 1.29 is 0 Å². The van der Waals surface area contributed by atoms with E-state index in [2.05, 4.69) is 51.2 Å². The number of hydrogen-bond acceptors (Lipinski definition) is 4. The van der Waals surface area contributed by atoms with E-state index in [-0.39, 0.29) is 24.0 Å². The zero-order valence-electron chi connectivity index (χ0n) is 17.3. The number of likely N-dealkylation sites (tertiary alicyclic amines) is 1. The van der Waals surface area contributed by atoms with Gasteiger partial charge in [0.1, 0.15) is 0 Å². The third-order valence-electron chi connectivity index (χ3n) is 5.58. The van der Waals surface area contributed by atoms with E-state index in [4.69, 9.17) is 0 Å². The van der Waals surface area contributed by atoms with Gasteiger partial charge in [-0.15, -0.1) is 24.0 Å². The number of likely N-dealkylation sites (N-methyl/N-ethyl adjacent to an activating group) is 1. The molecule has 0 spiro atoms. The Morgan fingerprint density at radius 3 is 2.46 bits per heavy atom. The molecule has 0 saturated carbocycles. The Balaban J connectivity index is 0.00000338. The average Bonchev–Trinajstić information content (AvgIpc) is 2.82. The van der Waals surface area contributed by atoms with Crippen LogP contribution in [-0.4, -0.2) is 99.2 Å². The molecule has 0 aliphatic carbocycles. The van der Waals surface area contributed by atoms with Crippen molar-refractivity contribution in [1.82, 2.24) is 25.3 Å². The molecular weight excluding hydrogens is 439 g/mol. The van der Waals surface area contributed by atoms with E-state index in [1.54, 1.807) is 0 Å². The lowest BCUT2D eigenvalue weighted by Gasteiger charge is -2.35. The predicted octanol–water partition coefficient (Wildman–Crippen LogP) is 1.67. The van der Waals surface area contributed by atoms with Gasteiger partial charge in [-0.3, -0.25) is 4.99 Å². The molecule has 2 aliphatic rings. The number of guanidine groups is 1. The minimum Gasteiger partial charge on any atom is -0.356 e. The van der Waals surface area contributed by atoms with E-state index in [1.165, 1.54) is 71.5 Å². The van der Waals surface area contributed by atoms with E-state index in [0.717, 1.165) is 12.5 Å². The second kappa shape index (κ2) is 13.1. The highest BCUT2D eigenvalue weighted by Crippen LogP contribution is 2.12. The molecular formula is C19H41IN6. The second-order valence-electron chi connectivity index (χ2n) is 7.90. The van der Waals surface area contributed by atoms with Gasteiger partial charge in [0.15, 0.2) is 5.96 Å². The lowest BCUT2D eigenvalue weighted by atomic mass is 10.0. The van der Waals surface area contributed by atoms with Gasteiger partial charge in [-0.1, -0.05) is 0 Å². The van der Waals surface area contributed by atoms with Gasteiger partial charge in [-0.05, 0) is 66.2 Å². The van der Waals surface area contributed by atoms with Crippen LogP contribution in [-0.2, 0) is 0 Å². The number of halogens is 1. The quantitative estimate of drug-likeness (QED) is 0.262. The van der Waals surface area contributed by atoms with Gasteiger partial charge in [0, 0.05) is 51.9 Å². The molecule has 0 aromatic rings. The zero-order chi connectivity index (χ0) is 18.1. The third kappa shape index (κ3) is 8.71. The molecule has 2 rings (SSSR count). The molecule has 2 saturated heterocycles. The summed E-state index contributed by atoms with van der Waals surface area (Å²) < 4.78 is 0. The van der Waals surface area contributed by atoms with E-state index >= 15 is 0 Å². The number of rotatable bonds is 6. The van der Waals surface area contributed by atoms with E-state index in [0.29, 0.717) is 12.1 Å². The molecule has 0 radical (unpaired) electrons. The first-order valence-corrected chi connectivity index (χ1v) is 10.2. The monoisotopic (exact) mass is 480 g/mol. The first-order valence-electron chi connectivity index (χ1n) is 10.2. The minimum atomic E-state index is 0. The highest BCUT2D eigenvalue weighted by Gasteiger charge is 2.21. The summed E-state index contributed by atoms with van der Waals surface area (Å²) in [6, 6.07) is 1.22. The highest BCUT2D eigenvalue weighted by atomic mass is 127. The summed E-state index contributed by atoms with van der Waals surface area (Å²) in [7, 11) is 4.11. The van der Waals surface area contributed by atoms with Crippen LogP contribution in [0.4, 0.5) is 0 Å². The van der Waals surface area contributed by atoms with Crippen LogP contribution in [0.2, 0.25) is 0 Å².